The van der Waals surface area contributed by atoms with Crippen molar-refractivity contribution in [2.24, 2.45) is 0 Å². The molecule has 0 aliphatic rings. The summed E-state index contributed by atoms with van der Waals surface area (Å²) in [5, 5.41) is 13.3. The van der Waals surface area contributed by atoms with Gasteiger partial charge in [0.1, 0.15) is 0 Å². The van der Waals surface area contributed by atoms with E-state index in [-0.39, 0.29) is 17.1 Å². The van der Waals surface area contributed by atoms with Crippen LogP contribution in [0.3, 0.4) is 0 Å². The summed E-state index contributed by atoms with van der Waals surface area (Å²) in [6, 6.07) is 5.34. The Hall–Kier alpha value is -3.16. The third-order valence-corrected chi connectivity index (χ3v) is 3.24. The molecule has 0 aliphatic heterocycles. The largest absolute Gasteiger partial charge is 0.478 e. The molecule has 0 bridgehead atoms. The number of anilines is 1. The number of aromatic nitrogens is 4. The van der Waals surface area contributed by atoms with Gasteiger partial charge in [-0.15, -0.1) is 0 Å². The Morgan fingerprint density at radius 2 is 2.14 bits per heavy atom. The average Bonchev–Trinajstić information content (AvgIpc) is 2.96. The van der Waals surface area contributed by atoms with Gasteiger partial charge in [0.2, 0.25) is 5.95 Å². The predicted molar refractivity (Wildman–Crippen MR) is 80.8 cm³/mol. The van der Waals surface area contributed by atoms with Crippen LogP contribution in [0.25, 0.3) is 16.9 Å². The molecule has 0 radical (unpaired) electrons. The Bertz CT molecular complexity index is 926. The zero-order valence-electron chi connectivity index (χ0n) is 11.9. The molecule has 22 heavy (non-hydrogen) atoms. The topological polar surface area (TPSA) is 104 Å². The Morgan fingerprint density at radius 1 is 1.36 bits per heavy atom. The number of nitrogens with zero attached hydrogens (tertiary/aromatic N) is 4. The third-order valence-electron chi connectivity index (χ3n) is 3.24. The zero-order valence-corrected chi connectivity index (χ0v) is 11.9. The van der Waals surface area contributed by atoms with Crippen LogP contribution in [0.1, 0.15) is 10.4 Å². The molecule has 0 amide bonds. The molecule has 0 saturated carbocycles. The van der Waals surface area contributed by atoms with Gasteiger partial charge in [0.15, 0.2) is 0 Å². The number of aromatic carboxylic acids is 1. The molecule has 0 unspecified atom stereocenters. The van der Waals surface area contributed by atoms with Crippen LogP contribution < -0.4 is 10.5 Å². The lowest BCUT2D eigenvalue weighted by atomic mass is 10.2. The molecule has 3 aromatic rings. The van der Waals surface area contributed by atoms with Crippen LogP contribution in [0.5, 0.6) is 0 Å². The molecule has 1 aromatic carbocycles. The predicted octanol–water partition coefficient (Wildman–Crippen LogP) is 0.873. The number of carboxylic acid groups (broad SMARTS) is 1. The summed E-state index contributed by atoms with van der Waals surface area (Å²) in [6.07, 6.45) is 2.49. The van der Waals surface area contributed by atoms with Crippen molar-refractivity contribution in [2.45, 2.75) is 0 Å². The van der Waals surface area contributed by atoms with Crippen LogP contribution in [-0.4, -0.2) is 44.9 Å². The number of benzene rings is 1. The Balaban J connectivity index is 2.14. The Kier molecular flexibility index (Phi) is 3.13. The first-order chi connectivity index (χ1) is 10.5. The number of carboxylic acids is 1. The fraction of sp³-hybridized carbons (Fsp3) is 0.143. The standard InChI is InChI=1S/C14H13N5O3/c1-18(2)9-3-4-11-10(5-9)12(20)17-14(16-11)19-7-8(6-15-19)13(21)22/h3-7H,1-2H3,(H,21,22)(H,16,17,20). The summed E-state index contributed by atoms with van der Waals surface area (Å²) < 4.78 is 1.23. The maximum absolute atomic E-state index is 12.2. The highest BCUT2D eigenvalue weighted by Gasteiger charge is 2.11. The number of nitrogens with one attached hydrogen (secondary N) is 1. The lowest BCUT2D eigenvalue weighted by Crippen LogP contribution is -2.15. The highest BCUT2D eigenvalue weighted by Crippen LogP contribution is 2.17. The van der Waals surface area contributed by atoms with Crippen LogP contribution in [0, 0.1) is 0 Å². The minimum Gasteiger partial charge on any atom is -0.478 e. The summed E-state index contributed by atoms with van der Waals surface area (Å²) in [5.41, 5.74) is 1.11. The summed E-state index contributed by atoms with van der Waals surface area (Å²) in [4.78, 5) is 31.9. The van der Waals surface area contributed by atoms with Crippen LogP contribution in [0.15, 0.2) is 35.4 Å². The van der Waals surface area contributed by atoms with Gasteiger partial charge < -0.3 is 10.0 Å². The van der Waals surface area contributed by atoms with Crippen molar-refractivity contribution in [1.29, 1.82) is 0 Å². The van der Waals surface area contributed by atoms with Crippen molar-refractivity contribution >= 4 is 22.6 Å². The van der Waals surface area contributed by atoms with E-state index in [4.69, 9.17) is 5.11 Å². The van der Waals surface area contributed by atoms with E-state index < -0.39 is 5.97 Å². The van der Waals surface area contributed by atoms with Gasteiger partial charge in [0.25, 0.3) is 5.56 Å². The van der Waals surface area contributed by atoms with Crippen LogP contribution in [-0.2, 0) is 0 Å². The molecule has 0 spiro atoms. The Labute approximate surface area is 124 Å². The second-order valence-corrected chi connectivity index (χ2v) is 4.96. The molecule has 2 heterocycles. The van der Waals surface area contributed by atoms with Gasteiger partial charge in [0, 0.05) is 26.0 Å². The van der Waals surface area contributed by atoms with Gasteiger partial charge in [-0.2, -0.15) is 5.10 Å². The highest BCUT2D eigenvalue weighted by atomic mass is 16.4. The van der Waals surface area contributed by atoms with Crippen LogP contribution in [0.2, 0.25) is 0 Å². The molecule has 2 N–H and O–H groups in total. The average molecular weight is 299 g/mol. The minimum atomic E-state index is -1.09. The number of aromatic amines is 1. The quantitative estimate of drug-likeness (QED) is 0.743. The summed E-state index contributed by atoms with van der Waals surface area (Å²) in [7, 11) is 3.77. The van der Waals surface area contributed by atoms with Crippen molar-refractivity contribution < 1.29 is 9.90 Å². The summed E-state index contributed by atoms with van der Waals surface area (Å²) in [5.74, 6) is -0.924. The molecule has 0 atom stereocenters. The number of carbonyl (C=O) groups is 1. The molecular weight excluding hydrogens is 286 g/mol. The Morgan fingerprint density at radius 3 is 2.77 bits per heavy atom. The summed E-state index contributed by atoms with van der Waals surface area (Å²) >= 11 is 0. The lowest BCUT2D eigenvalue weighted by molar-refractivity contribution is 0.0697. The van der Waals surface area contributed by atoms with E-state index in [9.17, 15) is 9.59 Å². The fourth-order valence-electron chi connectivity index (χ4n) is 2.05. The minimum absolute atomic E-state index is 0.0192. The van der Waals surface area contributed by atoms with Crippen molar-refractivity contribution in [3.05, 3.63) is 46.5 Å². The van der Waals surface area contributed by atoms with Gasteiger partial charge in [-0.3, -0.25) is 9.78 Å². The molecule has 112 valence electrons. The SMILES string of the molecule is CN(C)c1ccc2nc(-n3cc(C(=O)O)cn3)[nH]c(=O)c2c1. The van der Waals surface area contributed by atoms with Gasteiger partial charge in [0.05, 0.1) is 22.7 Å². The molecule has 0 aliphatic carbocycles. The monoisotopic (exact) mass is 299 g/mol. The fourth-order valence-corrected chi connectivity index (χ4v) is 2.05. The molecule has 8 heteroatoms. The number of H-pyrrole nitrogens is 1. The normalized spacial score (nSPS) is 10.8. The molecule has 0 fully saturated rings. The second-order valence-electron chi connectivity index (χ2n) is 4.96. The zero-order chi connectivity index (χ0) is 15.9. The van der Waals surface area contributed by atoms with Crippen LogP contribution >= 0.6 is 0 Å². The number of rotatable bonds is 3. The lowest BCUT2D eigenvalue weighted by Gasteiger charge is -2.12. The number of fused-ring (bicyclic) bond motifs is 1. The van der Waals surface area contributed by atoms with Crippen molar-refractivity contribution in [1.82, 2.24) is 19.7 Å². The van der Waals surface area contributed by atoms with Crippen LogP contribution in [0.4, 0.5) is 5.69 Å². The number of hydrogen-bond acceptors (Lipinski definition) is 5. The van der Waals surface area contributed by atoms with E-state index in [1.165, 1.54) is 17.1 Å². The number of hydrogen-bond donors (Lipinski definition) is 2. The molecule has 2 aromatic heterocycles. The molecule has 0 saturated heterocycles. The van der Waals surface area contributed by atoms with Crippen molar-refractivity contribution in [3.8, 4) is 5.95 Å². The maximum Gasteiger partial charge on any atom is 0.338 e. The molecule has 8 nitrogen and oxygen atoms in total. The van der Waals surface area contributed by atoms with Gasteiger partial charge in [-0.1, -0.05) is 0 Å². The van der Waals surface area contributed by atoms with Crippen molar-refractivity contribution in [2.75, 3.05) is 19.0 Å². The first-order valence-electron chi connectivity index (χ1n) is 6.45. The van der Waals surface area contributed by atoms with E-state index >= 15 is 0 Å². The second kappa shape index (κ2) is 4.99. The van der Waals surface area contributed by atoms with Gasteiger partial charge >= 0.3 is 5.97 Å². The van der Waals surface area contributed by atoms with E-state index in [0.29, 0.717) is 10.9 Å². The van der Waals surface area contributed by atoms with E-state index in [2.05, 4.69) is 15.1 Å². The first kappa shape index (κ1) is 13.8. The van der Waals surface area contributed by atoms with E-state index in [1.54, 1.807) is 12.1 Å². The highest BCUT2D eigenvalue weighted by molar-refractivity contribution is 5.87. The van der Waals surface area contributed by atoms with Crippen molar-refractivity contribution in [3.63, 3.8) is 0 Å². The van der Waals surface area contributed by atoms with Gasteiger partial charge in [-0.05, 0) is 18.2 Å². The van der Waals surface area contributed by atoms with E-state index in [1.807, 2.05) is 25.1 Å². The van der Waals surface area contributed by atoms with E-state index in [0.717, 1.165) is 5.69 Å². The maximum atomic E-state index is 12.2. The molecular formula is C14H13N5O3. The molecule has 3 rings (SSSR count). The summed E-state index contributed by atoms with van der Waals surface area (Å²) in [6.45, 7) is 0. The third kappa shape index (κ3) is 2.30. The van der Waals surface area contributed by atoms with Gasteiger partial charge in [-0.25, -0.2) is 14.5 Å². The first-order valence-corrected chi connectivity index (χ1v) is 6.45. The smallest absolute Gasteiger partial charge is 0.338 e.